The first-order valence-corrected chi connectivity index (χ1v) is 6.91. The minimum absolute atomic E-state index is 0.152. The highest BCUT2D eigenvalue weighted by Crippen LogP contribution is 2.20. The summed E-state index contributed by atoms with van der Waals surface area (Å²) in [6.07, 6.45) is 4.56. The average molecular weight is 297 g/mol. The predicted molar refractivity (Wildman–Crippen MR) is 71.1 cm³/mol. The van der Waals surface area contributed by atoms with E-state index in [-0.39, 0.29) is 11.9 Å². The zero-order valence-corrected chi connectivity index (χ0v) is 11.4. The molecule has 0 spiro atoms. The van der Waals surface area contributed by atoms with Crippen LogP contribution in [0, 0.1) is 0 Å². The molecule has 3 heteroatoms. The van der Waals surface area contributed by atoms with Crippen LogP contribution in [0.2, 0.25) is 0 Å². The molecule has 1 atom stereocenters. The fourth-order valence-corrected chi connectivity index (χ4v) is 2.57. The van der Waals surface area contributed by atoms with E-state index >= 15 is 0 Å². The number of halogens is 1. The lowest BCUT2D eigenvalue weighted by molar-refractivity contribution is -0.122. The van der Waals surface area contributed by atoms with Crippen molar-refractivity contribution in [2.24, 2.45) is 0 Å². The van der Waals surface area contributed by atoms with Crippen molar-refractivity contribution in [3.05, 3.63) is 34.3 Å². The number of Topliss-reactive ketones (excluding diaryl/α,β-unsaturated/α-hetero) is 1. The Bertz CT molecular complexity index is 384. The number of carbonyl (C=O) groups is 1. The maximum atomic E-state index is 11.9. The third kappa shape index (κ3) is 3.93. The van der Waals surface area contributed by atoms with Gasteiger partial charge in [0, 0.05) is 23.9 Å². The van der Waals surface area contributed by atoms with Gasteiger partial charge in [0.2, 0.25) is 0 Å². The Balaban J connectivity index is 1.86. The molecule has 2 nitrogen and oxygen atoms in total. The molecule has 0 saturated carbocycles. The summed E-state index contributed by atoms with van der Waals surface area (Å²) in [5.74, 6) is 0.267. The van der Waals surface area contributed by atoms with Gasteiger partial charge in [-0.1, -0.05) is 34.1 Å². The van der Waals surface area contributed by atoms with E-state index in [0.717, 1.165) is 29.5 Å². The van der Waals surface area contributed by atoms with Gasteiger partial charge >= 0.3 is 0 Å². The van der Waals surface area contributed by atoms with E-state index in [1.54, 1.807) is 0 Å². The Morgan fingerprint density at radius 1 is 1.35 bits per heavy atom. The molecule has 1 unspecified atom stereocenters. The topological polar surface area (TPSA) is 26.3 Å². The molecule has 0 aromatic heterocycles. The highest BCUT2D eigenvalue weighted by atomic mass is 79.9. The molecule has 1 saturated heterocycles. The molecule has 0 bridgehead atoms. The van der Waals surface area contributed by atoms with Crippen molar-refractivity contribution < 1.29 is 9.53 Å². The molecule has 1 aromatic carbocycles. The second-order valence-corrected chi connectivity index (χ2v) is 5.35. The van der Waals surface area contributed by atoms with Crippen molar-refractivity contribution in [2.75, 3.05) is 6.61 Å². The summed E-state index contributed by atoms with van der Waals surface area (Å²) in [5.41, 5.74) is 1.06. The molecule has 0 aliphatic carbocycles. The van der Waals surface area contributed by atoms with Gasteiger partial charge in [-0.3, -0.25) is 4.79 Å². The molecule has 1 aliphatic rings. The van der Waals surface area contributed by atoms with Crippen LogP contribution in [0.3, 0.4) is 0 Å². The zero-order chi connectivity index (χ0) is 12.1. The Hall–Kier alpha value is -0.670. The monoisotopic (exact) mass is 296 g/mol. The normalized spacial score (nSPS) is 20.2. The molecule has 92 valence electrons. The maximum absolute atomic E-state index is 11.9. The van der Waals surface area contributed by atoms with Gasteiger partial charge in [-0.25, -0.2) is 0 Å². The largest absolute Gasteiger partial charge is 0.378 e. The van der Waals surface area contributed by atoms with Crippen LogP contribution >= 0.6 is 15.9 Å². The lowest BCUT2D eigenvalue weighted by atomic mass is 10.0. The maximum Gasteiger partial charge on any atom is 0.139 e. The van der Waals surface area contributed by atoms with E-state index in [1.807, 2.05) is 24.3 Å². The fraction of sp³-hybridized carbons (Fsp3) is 0.500. The lowest BCUT2D eigenvalue weighted by Crippen LogP contribution is -2.23. The van der Waals surface area contributed by atoms with Crippen LogP contribution in [0.15, 0.2) is 28.7 Å². The third-order valence-corrected chi connectivity index (χ3v) is 3.85. The van der Waals surface area contributed by atoms with Crippen LogP contribution in [0.1, 0.15) is 31.2 Å². The van der Waals surface area contributed by atoms with E-state index in [4.69, 9.17) is 4.74 Å². The third-order valence-electron chi connectivity index (χ3n) is 3.07. The summed E-state index contributed by atoms with van der Waals surface area (Å²) in [6.45, 7) is 0.812. The molecule has 0 amide bonds. The first-order chi connectivity index (χ1) is 8.25. The molecule has 1 aliphatic heterocycles. The minimum Gasteiger partial charge on any atom is -0.378 e. The molecular formula is C14H17BrO2. The standard InChI is InChI=1S/C14H17BrO2/c15-14-7-2-1-5-11(14)9-12(16)10-13-6-3-4-8-17-13/h1-2,5,7,13H,3-4,6,8-10H2. The second-order valence-electron chi connectivity index (χ2n) is 4.50. The number of hydrogen-bond donors (Lipinski definition) is 0. The lowest BCUT2D eigenvalue weighted by Gasteiger charge is -2.21. The quantitative estimate of drug-likeness (QED) is 0.850. The average Bonchev–Trinajstić information content (AvgIpc) is 2.33. The number of ketones is 1. The molecule has 1 aromatic rings. The molecule has 0 N–H and O–H groups in total. The van der Waals surface area contributed by atoms with E-state index in [0.29, 0.717) is 12.8 Å². The Morgan fingerprint density at radius 3 is 2.88 bits per heavy atom. The first kappa shape index (κ1) is 12.8. The summed E-state index contributed by atoms with van der Waals surface area (Å²) in [5, 5.41) is 0. The van der Waals surface area contributed by atoms with E-state index in [2.05, 4.69) is 15.9 Å². The van der Waals surface area contributed by atoms with Crippen LogP contribution in [0.5, 0.6) is 0 Å². The Labute approximate surface area is 110 Å². The summed E-state index contributed by atoms with van der Waals surface area (Å²) < 4.78 is 6.60. The van der Waals surface area contributed by atoms with Gasteiger partial charge in [0.15, 0.2) is 0 Å². The molecule has 1 heterocycles. The van der Waals surface area contributed by atoms with Gasteiger partial charge in [-0.2, -0.15) is 0 Å². The van der Waals surface area contributed by atoms with Crippen molar-refractivity contribution in [3.8, 4) is 0 Å². The number of hydrogen-bond acceptors (Lipinski definition) is 2. The highest BCUT2D eigenvalue weighted by molar-refractivity contribution is 9.10. The summed E-state index contributed by atoms with van der Waals surface area (Å²) in [6, 6.07) is 7.89. The highest BCUT2D eigenvalue weighted by Gasteiger charge is 2.18. The molecule has 1 fully saturated rings. The smallest absolute Gasteiger partial charge is 0.139 e. The predicted octanol–water partition coefficient (Wildman–Crippen LogP) is 3.52. The number of benzene rings is 1. The van der Waals surface area contributed by atoms with Gasteiger partial charge in [0.25, 0.3) is 0 Å². The van der Waals surface area contributed by atoms with Gasteiger partial charge in [0.05, 0.1) is 6.10 Å². The van der Waals surface area contributed by atoms with Crippen LogP contribution < -0.4 is 0 Å². The van der Waals surface area contributed by atoms with Crippen LogP contribution in [0.4, 0.5) is 0 Å². The van der Waals surface area contributed by atoms with Crippen molar-refractivity contribution in [2.45, 2.75) is 38.2 Å². The summed E-state index contributed by atoms with van der Waals surface area (Å²) in [4.78, 5) is 11.9. The summed E-state index contributed by atoms with van der Waals surface area (Å²) in [7, 11) is 0. The first-order valence-electron chi connectivity index (χ1n) is 6.12. The van der Waals surface area contributed by atoms with Crippen LogP contribution in [0.25, 0.3) is 0 Å². The molecule has 2 rings (SSSR count). The Kier molecular flexibility index (Phi) is 4.75. The van der Waals surface area contributed by atoms with Crippen molar-refractivity contribution in [3.63, 3.8) is 0 Å². The van der Waals surface area contributed by atoms with E-state index in [9.17, 15) is 4.79 Å². The molecule has 17 heavy (non-hydrogen) atoms. The van der Waals surface area contributed by atoms with Crippen LogP contribution in [-0.4, -0.2) is 18.5 Å². The van der Waals surface area contributed by atoms with Crippen molar-refractivity contribution >= 4 is 21.7 Å². The Morgan fingerprint density at radius 2 is 2.18 bits per heavy atom. The minimum atomic E-state index is 0.152. The van der Waals surface area contributed by atoms with Crippen molar-refractivity contribution in [1.82, 2.24) is 0 Å². The molecular weight excluding hydrogens is 280 g/mol. The van der Waals surface area contributed by atoms with E-state index in [1.165, 1.54) is 6.42 Å². The SMILES string of the molecule is O=C(Cc1ccccc1Br)CC1CCCCO1. The van der Waals surface area contributed by atoms with Crippen LogP contribution in [-0.2, 0) is 16.0 Å². The number of ether oxygens (including phenoxy) is 1. The fourth-order valence-electron chi connectivity index (χ4n) is 2.15. The molecule has 0 radical (unpaired) electrons. The van der Waals surface area contributed by atoms with Gasteiger partial charge in [-0.05, 0) is 30.9 Å². The van der Waals surface area contributed by atoms with E-state index < -0.39 is 0 Å². The van der Waals surface area contributed by atoms with Crippen molar-refractivity contribution in [1.29, 1.82) is 0 Å². The van der Waals surface area contributed by atoms with Gasteiger partial charge < -0.3 is 4.74 Å². The number of rotatable bonds is 4. The summed E-state index contributed by atoms with van der Waals surface area (Å²) >= 11 is 3.47. The van der Waals surface area contributed by atoms with Gasteiger partial charge in [-0.15, -0.1) is 0 Å². The van der Waals surface area contributed by atoms with Gasteiger partial charge in [0.1, 0.15) is 5.78 Å². The second kappa shape index (κ2) is 6.31. The number of carbonyl (C=O) groups excluding carboxylic acids is 1. The zero-order valence-electron chi connectivity index (χ0n) is 9.82.